The summed E-state index contributed by atoms with van der Waals surface area (Å²) in [6.07, 6.45) is 0. The van der Waals surface area contributed by atoms with E-state index in [9.17, 15) is 10.1 Å². The van der Waals surface area contributed by atoms with E-state index in [2.05, 4.69) is 16.4 Å². The van der Waals surface area contributed by atoms with Crippen LogP contribution in [0.5, 0.6) is 17.2 Å². The number of nitrogens with one attached hydrogen (secondary N) is 1. The first-order chi connectivity index (χ1) is 13.6. The van der Waals surface area contributed by atoms with E-state index in [1.54, 1.807) is 12.1 Å². The Morgan fingerprint density at radius 3 is 2.39 bits per heavy atom. The van der Waals surface area contributed by atoms with Crippen molar-refractivity contribution in [2.75, 3.05) is 26.6 Å². The Morgan fingerprint density at radius 1 is 1.11 bits per heavy atom. The third-order valence-electron chi connectivity index (χ3n) is 4.87. The molecule has 2 atom stereocenters. The molecule has 3 aromatic rings. The highest BCUT2D eigenvalue weighted by atomic mass is 16.5. The number of para-hydroxylation sites is 2. The second-order valence-electron chi connectivity index (χ2n) is 6.29. The number of amides is 1. The lowest BCUT2D eigenvalue weighted by Crippen LogP contribution is -2.37. The normalized spacial score (nSPS) is 18.1. The molecule has 0 unspecified atom stereocenters. The fourth-order valence-electron chi connectivity index (χ4n) is 3.64. The van der Waals surface area contributed by atoms with Gasteiger partial charge in [0.25, 0.3) is 0 Å². The maximum atomic E-state index is 12.6. The van der Waals surface area contributed by atoms with E-state index in [-0.39, 0.29) is 0 Å². The number of aromatic nitrogens is 2. The molecule has 0 spiro atoms. The van der Waals surface area contributed by atoms with Crippen LogP contribution in [0.3, 0.4) is 0 Å². The fraction of sp³-hybridized carbons (Fsp3) is 0.250. The van der Waals surface area contributed by atoms with Crippen molar-refractivity contribution in [3.05, 3.63) is 42.0 Å². The fourth-order valence-corrected chi connectivity index (χ4v) is 3.64. The van der Waals surface area contributed by atoms with Crippen molar-refractivity contribution >= 4 is 22.9 Å². The molecule has 0 saturated heterocycles. The monoisotopic (exact) mass is 378 g/mol. The number of methoxy groups -OCH3 is 3. The van der Waals surface area contributed by atoms with E-state index in [0.29, 0.717) is 28.8 Å². The van der Waals surface area contributed by atoms with Gasteiger partial charge in [-0.05, 0) is 29.8 Å². The number of anilines is 1. The van der Waals surface area contributed by atoms with Crippen LogP contribution < -0.4 is 19.5 Å². The highest BCUT2D eigenvalue weighted by molar-refractivity contribution is 5.97. The van der Waals surface area contributed by atoms with Crippen LogP contribution in [0.2, 0.25) is 0 Å². The molecule has 2 aromatic carbocycles. The van der Waals surface area contributed by atoms with Crippen LogP contribution in [0.15, 0.2) is 36.4 Å². The molecule has 142 valence electrons. The van der Waals surface area contributed by atoms with Crippen LogP contribution in [-0.2, 0) is 4.79 Å². The van der Waals surface area contributed by atoms with Crippen LogP contribution in [0.4, 0.5) is 5.95 Å². The van der Waals surface area contributed by atoms with Gasteiger partial charge in [-0.25, -0.2) is 4.98 Å². The predicted octanol–water partition coefficient (Wildman–Crippen LogP) is 2.74. The summed E-state index contributed by atoms with van der Waals surface area (Å²) in [6, 6.07) is 12.6. The van der Waals surface area contributed by atoms with Crippen molar-refractivity contribution < 1.29 is 19.0 Å². The van der Waals surface area contributed by atoms with E-state index in [4.69, 9.17) is 14.2 Å². The summed E-state index contributed by atoms with van der Waals surface area (Å²) in [4.78, 5) is 17.1. The summed E-state index contributed by atoms with van der Waals surface area (Å²) >= 11 is 0. The molecular formula is C20H18N4O4. The summed E-state index contributed by atoms with van der Waals surface area (Å²) in [5.74, 6) is 0.391. The number of imidazole rings is 1. The molecule has 28 heavy (non-hydrogen) atoms. The maximum absolute atomic E-state index is 12.6. The van der Waals surface area contributed by atoms with Crippen LogP contribution in [0.25, 0.3) is 11.0 Å². The van der Waals surface area contributed by atoms with Crippen molar-refractivity contribution in [2.45, 2.75) is 6.04 Å². The Balaban J connectivity index is 2.01. The first kappa shape index (κ1) is 17.7. The molecule has 0 fully saturated rings. The molecule has 0 aliphatic carbocycles. The van der Waals surface area contributed by atoms with Gasteiger partial charge in [-0.15, -0.1) is 0 Å². The number of nitrogens with zero attached hydrogens (tertiary/aromatic N) is 3. The standard InChI is InChI=1S/C20H18N4O4/c1-26-15-8-11(9-16(27-2)18(15)28-3)17-12(10-21)19(25)23-20-22-13-6-4-5-7-14(13)24(17)20/h4-9,12,17H,1-3H3,(H,22,23,25)/t12-,17-/m1/s1. The lowest BCUT2D eigenvalue weighted by molar-refractivity contribution is -0.119. The summed E-state index contributed by atoms with van der Waals surface area (Å²) in [5.41, 5.74) is 2.23. The second-order valence-corrected chi connectivity index (χ2v) is 6.29. The summed E-state index contributed by atoms with van der Waals surface area (Å²) in [6.45, 7) is 0. The number of nitriles is 1. The first-order valence-electron chi connectivity index (χ1n) is 8.60. The first-order valence-corrected chi connectivity index (χ1v) is 8.60. The van der Waals surface area contributed by atoms with E-state index in [0.717, 1.165) is 11.0 Å². The van der Waals surface area contributed by atoms with Crippen LogP contribution in [0.1, 0.15) is 11.6 Å². The third-order valence-corrected chi connectivity index (χ3v) is 4.87. The number of fused-ring (bicyclic) bond motifs is 3. The molecule has 1 amide bonds. The second kappa shape index (κ2) is 6.78. The number of hydrogen-bond donors (Lipinski definition) is 1. The van der Waals surface area contributed by atoms with E-state index in [1.807, 2.05) is 28.8 Å². The Bertz CT molecular complexity index is 1090. The van der Waals surface area contributed by atoms with E-state index in [1.165, 1.54) is 21.3 Å². The van der Waals surface area contributed by atoms with Gasteiger partial charge in [-0.1, -0.05) is 12.1 Å². The Hall–Kier alpha value is -3.73. The summed E-state index contributed by atoms with van der Waals surface area (Å²) in [5, 5.41) is 12.5. The largest absolute Gasteiger partial charge is 0.493 e. The number of ether oxygens (including phenoxy) is 3. The van der Waals surface area contributed by atoms with Gasteiger partial charge in [0.2, 0.25) is 17.6 Å². The number of carbonyl (C=O) groups excluding carboxylic acids is 1. The summed E-state index contributed by atoms with van der Waals surface area (Å²) in [7, 11) is 4.57. The molecule has 0 bridgehead atoms. The Kier molecular flexibility index (Phi) is 4.28. The van der Waals surface area contributed by atoms with E-state index < -0.39 is 17.9 Å². The molecule has 1 aliphatic rings. The van der Waals surface area contributed by atoms with Gasteiger partial charge in [0.15, 0.2) is 17.4 Å². The van der Waals surface area contributed by atoms with Crippen LogP contribution in [-0.4, -0.2) is 36.8 Å². The minimum atomic E-state index is -0.951. The van der Waals surface area contributed by atoms with Gasteiger partial charge >= 0.3 is 0 Å². The zero-order valence-electron chi connectivity index (χ0n) is 15.6. The molecule has 2 heterocycles. The number of rotatable bonds is 4. The Labute approximate surface area is 161 Å². The minimum Gasteiger partial charge on any atom is -0.493 e. The third kappa shape index (κ3) is 2.52. The summed E-state index contributed by atoms with van der Waals surface area (Å²) < 4.78 is 18.2. The van der Waals surface area contributed by atoms with Crippen molar-refractivity contribution in [1.82, 2.24) is 9.55 Å². The molecule has 0 radical (unpaired) electrons. The topological polar surface area (TPSA) is 98.4 Å². The number of carbonyl (C=O) groups is 1. The Morgan fingerprint density at radius 2 is 1.79 bits per heavy atom. The molecule has 0 saturated carbocycles. The zero-order chi connectivity index (χ0) is 19.8. The zero-order valence-corrected chi connectivity index (χ0v) is 15.6. The maximum Gasteiger partial charge on any atom is 0.246 e. The predicted molar refractivity (Wildman–Crippen MR) is 102 cm³/mol. The van der Waals surface area contributed by atoms with Crippen LogP contribution >= 0.6 is 0 Å². The smallest absolute Gasteiger partial charge is 0.246 e. The van der Waals surface area contributed by atoms with Gasteiger partial charge in [0.1, 0.15) is 0 Å². The number of hydrogen-bond acceptors (Lipinski definition) is 6. The molecule has 1 aliphatic heterocycles. The molecule has 8 heteroatoms. The van der Waals surface area contributed by atoms with E-state index >= 15 is 0 Å². The average Bonchev–Trinajstić information content (AvgIpc) is 3.09. The minimum absolute atomic E-state index is 0.399. The van der Waals surface area contributed by atoms with Gasteiger partial charge in [-0.2, -0.15) is 5.26 Å². The van der Waals surface area contributed by atoms with Gasteiger partial charge < -0.3 is 18.8 Å². The molecule has 1 N–H and O–H groups in total. The average molecular weight is 378 g/mol. The van der Waals surface area contributed by atoms with Gasteiger partial charge in [0, 0.05) is 0 Å². The van der Waals surface area contributed by atoms with Crippen molar-refractivity contribution in [2.24, 2.45) is 5.92 Å². The van der Waals surface area contributed by atoms with Crippen molar-refractivity contribution in [1.29, 1.82) is 5.26 Å². The molecule has 8 nitrogen and oxygen atoms in total. The lowest BCUT2D eigenvalue weighted by Gasteiger charge is -2.30. The number of benzene rings is 2. The van der Waals surface area contributed by atoms with Crippen LogP contribution in [0, 0.1) is 17.2 Å². The van der Waals surface area contributed by atoms with Crippen molar-refractivity contribution in [3.8, 4) is 23.3 Å². The van der Waals surface area contributed by atoms with Crippen molar-refractivity contribution in [3.63, 3.8) is 0 Å². The SMILES string of the molecule is COc1cc([C@@H]2[C@@H](C#N)C(=O)Nc3nc4ccccc4n32)cc(OC)c1OC. The lowest BCUT2D eigenvalue weighted by atomic mass is 9.91. The quantitative estimate of drug-likeness (QED) is 0.750. The molecular weight excluding hydrogens is 360 g/mol. The van der Waals surface area contributed by atoms with Gasteiger partial charge in [0.05, 0.1) is 44.5 Å². The highest BCUT2D eigenvalue weighted by Gasteiger charge is 2.39. The molecule has 4 rings (SSSR count). The molecule has 1 aromatic heterocycles. The highest BCUT2D eigenvalue weighted by Crippen LogP contribution is 2.44. The van der Waals surface area contributed by atoms with Gasteiger partial charge in [-0.3, -0.25) is 10.1 Å².